The topological polar surface area (TPSA) is 38.7 Å². The zero-order chi connectivity index (χ0) is 19.5. The van der Waals surface area contributed by atoms with Crippen LogP contribution in [0.15, 0.2) is 78.9 Å². The van der Waals surface area contributed by atoms with Crippen molar-refractivity contribution in [3.8, 4) is 11.5 Å². The van der Waals surface area contributed by atoms with Crippen molar-refractivity contribution < 1.29 is 23.4 Å². The van der Waals surface area contributed by atoms with Crippen LogP contribution in [-0.4, -0.2) is 19.3 Å². The quantitative estimate of drug-likeness (QED) is 0.682. The second-order valence-corrected chi connectivity index (χ2v) is 6.11. The summed E-state index contributed by atoms with van der Waals surface area (Å²) < 4.78 is 41.5. The number of halogens is 2. The lowest BCUT2D eigenvalue weighted by molar-refractivity contribution is -0.171. The Morgan fingerprint density at radius 2 is 1.04 bits per heavy atom. The molecule has 0 aliphatic heterocycles. The maximum atomic E-state index is 15.6. The van der Waals surface area contributed by atoms with Gasteiger partial charge in [-0.15, -0.1) is 0 Å². The third kappa shape index (κ3) is 3.26. The second-order valence-electron chi connectivity index (χ2n) is 6.11. The van der Waals surface area contributed by atoms with Gasteiger partial charge in [0, 0.05) is 5.56 Å². The fourth-order valence-corrected chi connectivity index (χ4v) is 3.05. The summed E-state index contributed by atoms with van der Waals surface area (Å²) in [6, 6.07) is 19.3. The predicted octanol–water partition coefficient (Wildman–Crippen LogP) is 4.73. The minimum atomic E-state index is -3.59. The number of ether oxygens (including phenoxy) is 2. The Balaban J connectivity index is 2.21. The van der Waals surface area contributed by atoms with Crippen LogP contribution in [0.3, 0.4) is 0 Å². The van der Waals surface area contributed by atoms with Crippen molar-refractivity contribution in [3.05, 3.63) is 95.6 Å². The van der Waals surface area contributed by atoms with E-state index >= 15 is 8.78 Å². The first-order valence-corrected chi connectivity index (χ1v) is 8.38. The average Bonchev–Trinajstić information content (AvgIpc) is 2.73. The number of hydrogen-bond acceptors (Lipinski definition) is 3. The molecule has 0 aliphatic carbocycles. The van der Waals surface area contributed by atoms with Gasteiger partial charge in [0.15, 0.2) is 5.60 Å². The molecule has 0 fully saturated rings. The molecule has 3 rings (SSSR count). The zero-order valence-electron chi connectivity index (χ0n) is 15.0. The van der Waals surface area contributed by atoms with Gasteiger partial charge >= 0.3 is 5.92 Å². The summed E-state index contributed by atoms with van der Waals surface area (Å²) in [4.78, 5) is 0. The molecule has 0 saturated heterocycles. The maximum Gasteiger partial charge on any atom is 0.309 e. The van der Waals surface area contributed by atoms with E-state index in [1.807, 2.05) is 0 Å². The van der Waals surface area contributed by atoms with Crippen molar-refractivity contribution in [2.75, 3.05) is 14.2 Å². The van der Waals surface area contributed by atoms with Gasteiger partial charge in [0.1, 0.15) is 11.5 Å². The van der Waals surface area contributed by atoms with E-state index in [0.717, 1.165) is 0 Å². The van der Waals surface area contributed by atoms with E-state index in [-0.39, 0.29) is 16.7 Å². The number of methoxy groups -OCH3 is 2. The summed E-state index contributed by atoms with van der Waals surface area (Å²) >= 11 is 0. The standard InChI is InChI=1S/C22H20F2O3/c1-26-19-12-8-16(9-13-19)21(25,17-10-14-20(27-2)15-11-17)22(23,24)18-6-4-3-5-7-18/h3-15,25H,1-2H3. The zero-order valence-corrected chi connectivity index (χ0v) is 15.0. The molecule has 0 radical (unpaired) electrons. The summed E-state index contributed by atoms with van der Waals surface area (Å²) in [5.74, 6) is -2.56. The molecule has 3 nitrogen and oxygen atoms in total. The maximum absolute atomic E-state index is 15.6. The summed E-state index contributed by atoms with van der Waals surface area (Å²) in [6.07, 6.45) is 0. The largest absolute Gasteiger partial charge is 0.497 e. The highest BCUT2D eigenvalue weighted by Gasteiger charge is 2.56. The van der Waals surface area contributed by atoms with Gasteiger partial charge in [0.2, 0.25) is 0 Å². The molecular formula is C22H20F2O3. The fourth-order valence-electron chi connectivity index (χ4n) is 3.05. The highest BCUT2D eigenvalue weighted by molar-refractivity contribution is 5.45. The Bertz CT molecular complexity index is 828. The summed E-state index contributed by atoms with van der Waals surface area (Å²) in [5, 5.41) is 11.4. The van der Waals surface area contributed by atoms with E-state index < -0.39 is 11.5 Å². The normalized spacial score (nSPS) is 11.9. The first kappa shape index (κ1) is 18.9. The molecule has 0 amide bonds. The molecular weight excluding hydrogens is 350 g/mol. The molecule has 0 atom stereocenters. The molecule has 0 bridgehead atoms. The number of alkyl halides is 2. The molecule has 5 heteroatoms. The molecule has 3 aromatic carbocycles. The Morgan fingerprint density at radius 3 is 1.41 bits per heavy atom. The van der Waals surface area contributed by atoms with E-state index in [1.165, 1.54) is 62.8 Å². The Morgan fingerprint density at radius 1 is 0.630 bits per heavy atom. The molecule has 0 unspecified atom stereocenters. The highest BCUT2D eigenvalue weighted by atomic mass is 19.3. The van der Waals surface area contributed by atoms with Crippen LogP contribution in [0.5, 0.6) is 11.5 Å². The van der Waals surface area contributed by atoms with Crippen molar-refractivity contribution in [2.45, 2.75) is 11.5 Å². The van der Waals surface area contributed by atoms with Crippen LogP contribution in [0.1, 0.15) is 16.7 Å². The molecule has 140 valence electrons. The van der Waals surface area contributed by atoms with Crippen molar-refractivity contribution in [2.24, 2.45) is 0 Å². The van der Waals surface area contributed by atoms with Crippen molar-refractivity contribution in [1.29, 1.82) is 0 Å². The van der Waals surface area contributed by atoms with Crippen LogP contribution in [0.2, 0.25) is 0 Å². The molecule has 27 heavy (non-hydrogen) atoms. The van der Waals surface area contributed by atoms with E-state index in [2.05, 4.69) is 0 Å². The van der Waals surface area contributed by atoms with Crippen LogP contribution in [-0.2, 0) is 11.5 Å². The molecule has 3 aromatic rings. The molecule has 1 N–H and O–H groups in total. The second kappa shape index (κ2) is 7.37. The third-order valence-electron chi connectivity index (χ3n) is 4.61. The van der Waals surface area contributed by atoms with Crippen LogP contribution >= 0.6 is 0 Å². The van der Waals surface area contributed by atoms with E-state index in [1.54, 1.807) is 30.3 Å². The summed E-state index contributed by atoms with van der Waals surface area (Å²) in [7, 11) is 2.98. The summed E-state index contributed by atoms with van der Waals surface area (Å²) in [5.41, 5.74) is -2.74. The van der Waals surface area contributed by atoms with Gasteiger partial charge in [-0.2, -0.15) is 8.78 Å². The van der Waals surface area contributed by atoms with Crippen LogP contribution < -0.4 is 9.47 Å². The first-order valence-electron chi connectivity index (χ1n) is 8.38. The highest BCUT2D eigenvalue weighted by Crippen LogP contribution is 2.49. The average molecular weight is 370 g/mol. The SMILES string of the molecule is COc1ccc(C(O)(c2ccc(OC)cc2)C(F)(F)c2ccccc2)cc1. The lowest BCUT2D eigenvalue weighted by Gasteiger charge is -2.37. The van der Waals surface area contributed by atoms with Crippen LogP contribution in [0.25, 0.3) is 0 Å². The van der Waals surface area contributed by atoms with Crippen LogP contribution in [0.4, 0.5) is 8.78 Å². The molecule has 0 heterocycles. The van der Waals surface area contributed by atoms with Crippen molar-refractivity contribution >= 4 is 0 Å². The number of hydrogen-bond donors (Lipinski definition) is 1. The van der Waals surface area contributed by atoms with Gasteiger partial charge < -0.3 is 14.6 Å². The van der Waals surface area contributed by atoms with Gasteiger partial charge in [-0.25, -0.2) is 0 Å². The third-order valence-corrected chi connectivity index (χ3v) is 4.61. The van der Waals surface area contributed by atoms with Crippen molar-refractivity contribution in [1.82, 2.24) is 0 Å². The van der Waals surface area contributed by atoms with E-state index in [4.69, 9.17) is 9.47 Å². The van der Waals surface area contributed by atoms with E-state index in [9.17, 15) is 5.11 Å². The number of benzene rings is 3. The Labute approximate surface area is 156 Å². The minimum Gasteiger partial charge on any atom is -0.497 e. The number of rotatable bonds is 6. The smallest absolute Gasteiger partial charge is 0.309 e. The van der Waals surface area contributed by atoms with Crippen molar-refractivity contribution in [3.63, 3.8) is 0 Å². The molecule has 0 spiro atoms. The Hall–Kier alpha value is -2.92. The monoisotopic (exact) mass is 370 g/mol. The van der Waals surface area contributed by atoms with Gasteiger partial charge in [-0.3, -0.25) is 0 Å². The Kier molecular flexibility index (Phi) is 5.15. The minimum absolute atomic E-state index is 0.0577. The summed E-state index contributed by atoms with van der Waals surface area (Å²) in [6.45, 7) is 0. The molecule has 0 aliphatic rings. The fraction of sp³-hybridized carbons (Fsp3) is 0.182. The van der Waals surface area contributed by atoms with Gasteiger partial charge in [0.05, 0.1) is 14.2 Å². The molecule has 0 aromatic heterocycles. The molecule has 0 saturated carbocycles. The van der Waals surface area contributed by atoms with Gasteiger partial charge in [-0.1, -0.05) is 54.6 Å². The van der Waals surface area contributed by atoms with Gasteiger partial charge in [0.25, 0.3) is 0 Å². The first-order chi connectivity index (χ1) is 12.9. The van der Waals surface area contributed by atoms with Crippen LogP contribution in [0, 0.1) is 0 Å². The number of aliphatic hydroxyl groups is 1. The van der Waals surface area contributed by atoms with E-state index in [0.29, 0.717) is 11.5 Å². The predicted molar refractivity (Wildman–Crippen MR) is 99.3 cm³/mol. The lowest BCUT2D eigenvalue weighted by atomic mass is 9.78. The van der Waals surface area contributed by atoms with Gasteiger partial charge in [-0.05, 0) is 35.4 Å². The lowest BCUT2D eigenvalue weighted by Crippen LogP contribution is -2.44.